The summed E-state index contributed by atoms with van der Waals surface area (Å²) < 4.78 is 0.462. The first-order chi connectivity index (χ1) is 11.0. The molecule has 23 heavy (non-hydrogen) atoms. The fraction of sp³-hybridized carbons (Fsp3) is 0.857. The van der Waals surface area contributed by atoms with Crippen LogP contribution in [0.3, 0.4) is 0 Å². The summed E-state index contributed by atoms with van der Waals surface area (Å²) in [4.78, 5) is 11.8. The van der Waals surface area contributed by atoms with Crippen molar-refractivity contribution in [1.82, 2.24) is 0 Å². The number of nitrogens with zero attached hydrogens (tertiary/aromatic N) is 1. The molecule has 2 nitrogen and oxygen atoms in total. The van der Waals surface area contributed by atoms with E-state index < -0.39 is 0 Å². The number of unbranched alkanes of at least 4 members (excludes halogenated alkanes) is 11. The minimum atomic E-state index is 0.350. The highest BCUT2D eigenvalue weighted by Crippen LogP contribution is 2.11. The Hall–Kier alpha value is -0.630. The van der Waals surface area contributed by atoms with Crippen LogP contribution in [0, 0.1) is 0 Å². The number of amides is 1. The smallest absolute Gasteiger partial charge is 0.268 e. The zero-order valence-electron chi connectivity index (χ0n) is 16.4. The van der Waals surface area contributed by atoms with Gasteiger partial charge in [-0.1, -0.05) is 70.4 Å². The topological polar surface area (TPSA) is 17.1 Å². The molecule has 0 aromatic heterocycles. The van der Waals surface area contributed by atoms with Gasteiger partial charge >= 0.3 is 5.91 Å². The summed E-state index contributed by atoms with van der Waals surface area (Å²) in [6.07, 6.45) is 22.4. The second kappa shape index (κ2) is 14.9. The molecule has 0 aliphatic rings. The van der Waals surface area contributed by atoms with Crippen LogP contribution in [0.1, 0.15) is 96.8 Å². The van der Waals surface area contributed by atoms with E-state index in [2.05, 4.69) is 19.1 Å². The van der Waals surface area contributed by atoms with Gasteiger partial charge in [-0.15, -0.1) is 0 Å². The molecule has 0 radical (unpaired) electrons. The minimum absolute atomic E-state index is 0.350. The van der Waals surface area contributed by atoms with Gasteiger partial charge in [-0.2, -0.15) is 0 Å². The number of allylic oxidation sites excluding steroid dienone is 2. The van der Waals surface area contributed by atoms with Crippen LogP contribution in [0.25, 0.3) is 0 Å². The number of hydrogen-bond donors (Lipinski definition) is 0. The van der Waals surface area contributed by atoms with E-state index in [4.69, 9.17) is 0 Å². The zero-order chi connectivity index (χ0) is 17.4. The fourth-order valence-corrected chi connectivity index (χ4v) is 2.68. The predicted molar refractivity (Wildman–Crippen MR) is 102 cm³/mol. The fourth-order valence-electron chi connectivity index (χ4n) is 2.68. The molecule has 0 heterocycles. The van der Waals surface area contributed by atoms with Crippen LogP contribution < -0.4 is 0 Å². The van der Waals surface area contributed by atoms with E-state index in [0.717, 1.165) is 12.8 Å². The molecule has 0 aromatic rings. The van der Waals surface area contributed by atoms with Crippen molar-refractivity contribution in [1.29, 1.82) is 0 Å². The van der Waals surface area contributed by atoms with Gasteiger partial charge in [-0.05, 0) is 32.1 Å². The summed E-state index contributed by atoms with van der Waals surface area (Å²) in [5, 5.41) is 0. The molecule has 0 aliphatic heterocycles. The van der Waals surface area contributed by atoms with Crippen LogP contribution in [0.4, 0.5) is 0 Å². The molecule has 0 bridgehead atoms. The first kappa shape index (κ1) is 22.4. The maximum atomic E-state index is 11.8. The van der Waals surface area contributed by atoms with Gasteiger partial charge in [0.1, 0.15) is 0 Å². The van der Waals surface area contributed by atoms with Crippen molar-refractivity contribution in [3.63, 3.8) is 0 Å². The molecule has 0 saturated carbocycles. The molecule has 1 amide bonds. The van der Waals surface area contributed by atoms with Gasteiger partial charge < -0.3 is 0 Å². The Labute approximate surface area is 145 Å². The minimum Gasteiger partial charge on any atom is -0.268 e. The predicted octanol–water partition coefficient (Wildman–Crippen LogP) is 6.26. The van der Waals surface area contributed by atoms with Gasteiger partial charge in [0.2, 0.25) is 0 Å². The molecular weight excluding hydrogens is 282 g/mol. The highest BCUT2D eigenvalue weighted by molar-refractivity contribution is 5.68. The largest absolute Gasteiger partial charge is 0.313 e. The van der Waals surface area contributed by atoms with E-state index in [1.807, 2.05) is 21.1 Å². The first-order valence-electron chi connectivity index (χ1n) is 9.98. The van der Waals surface area contributed by atoms with Gasteiger partial charge in [0.25, 0.3) is 0 Å². The molecule has 0 fully saturated rings. The third-order valence-corrected chi connectivity index (χ3v) is 4.40. The Morgan fingerprint density at radius 1 is 0.696 bits per heavy atom. The van der Waals surface area contributed by atoms with Crippen LogP contribution in [-0.2, 0) is 4.79 Å². The summed E-state index contributed by atoms with van der Waals surface area (Å²) in [7, 11) is 5.87. The Balaban J connectivity index is 3.24. The second-order valence-electron chi connectivity index (χ2n) is 7.74. The average molecular weight is 325 g/mol. The lowest BCUT2D eigenvalue weighted by Gasteiger charge is -2.20. The van der Waals surface area contributed by atoms with Gasteiger partial charge in [0, 0.05) is 0 Å². The summed E-state index contributed by atoms with van der Waals surface area (Å²) in [5.74, 6) is 0.350. The summed E-state index contributed by atoms with van der Waals surface area (Å²) >= 11 is 0. The van der Waals surface area contributed by atoms with Gasteiger partial charge in [0.15, 0.2) is 0 Å². The third kappa shape index (κ3) is 16.0. The average Bonchev–Trinajstić information content (AvgIpc) is 2.50. The second-order valence-corrected chi connectivity index (χ2v) is 7.74. The molecule has 0 spiro atoms. The monoisotopic (exact) mass is 324 g/mol. The van der Waals surface area contributed by atoms with Crippen LogP contribution in [0.2, 0.25) is 0 Å². The lowest BCUT2D eigenvalue weighted by molar-refractivity contribution is -0.792. The van der Waals surface area contributed by atoms with Crippen LogP contribution in [0.5, 0.6) is 0 Å². The Morgan fingerprint density at radius 2 is 1.13 bits per heavy atom. The van der Waals surface area contributed by atoms with E-state index >= 15 is 0 Å². The van der Waals surface area contributed by atoms with Crippen LogP contribution >= 0.6 is 0 Å². The standard InChI is InChI=1S/C21H42NO/c1-5-6-7-8-9-10-11-12-13-14-15-16-17-18-19-20-21(23)22(2,3)4/h12-13H,5-11,14-20H2,1-4H3/q+1/b13-12-. The van der Waals surface area contributed by atoms with E-state index in [-0.39, 0.29) is 0 Å². The summed E-state index contributed by atoms with van der Waals surface area (Å²) in [5.41, 5.74) is 0. The molecule has 0 aliphatic carbocycles. The van der Waals surface area contributed by atoms with Crippen molar-refractivity contribution in [3.8, 4) is 0 Å². The zero-order valence-corrected chi connectivity index (χ0v) is 16.4. The van der Waals surface area contributed by atoms with Crippen molar-refractivity contribution in [2.45, 2.75) is 96.8 Å². The summed E-state index contributed by atoms with van der Waals surface area (Å²) in [6.45, 7) is 2.27. The molecular formula is C21H42NO+. The maximum absolute atomic E-state index is 11.8. The first-order valence-corrected chi connectivity index (χ1v) is 9.98. The van der Waals surface area contributed by atoms with Crippen LogP contribution in [-0.4, -0.2) is 31.5 Å². The molecule has 0 atom stereocenters. The third-order valence-electron chi connectivity index (χ3n) is 4.40. The van der Waals surface area contributed by atoms with Gasteiger partial charge in [0.05, 0.1) is 27.6 Å². The number of carbonyl (C=O) groups is 1. The molecule has 0 unspecified atom stereocenters. The molecule has 136 valence electrons. The molecule has 0 rings (SSSR count). The number of quaternary nitrogens is 1. The Kier molecular flexibility index (Phi) is 14.5. The van der Waals surface area contributed by atoms with Gasteiger partial charge in [-0.3, -0.25) is 4.48 Å². The lowest BCUT2D eigenvalue weighted by atomic mass is 10.1. The van der Waals surface area contributed by atoms with Crippen molar-refractivity contribution in [2.75, 3.05) is 21.1 Å². The van der Waals surface area contributed by atoms with Crippen molar-refractivity contribution in [2.24, 2.45) is 0 Å². The lowest BCUT2D eigenvalue weighted by Crippen LogP contribution is -2.40. The SMILES string of the molecule is CCCCCCCC/C=C\CCCCCCCC(=O)[N+](C)(C)C. The van der Waals surface area contributed by atoms with E-state index in [1.165, 1.54) is 77.0 Å². The number of carbonyl (C=O) groups excluding carboxylic acids is 1. The molecule has 0 saturated heterocycles. The highest BCUT2D eigenvalue weighted by atomic mass is 16.2. The highest BCUT2D eigenvalue weighted by Gasteiger charge is 2.18. The van der Waals surface area contributed by atoms with Crippen molar-refractivity contribution in [3.05, 3.63) is 12.2 Å². The quantitative estimate of drug-likeness (QED) is 0.197. The molecule has 0 aromatic carbocycles. The Morgan fingerprint density at radius 3 is 1.61 bits per heavy atom. The maximum Gasteiger partial charge on any atom is 0.313 e. The van der Waals surface area contributed by atoms with E-state index in [0.29, 0.717) is 10.4 Å². The van der Waals surface area contributed by atoms with Crippen molar-refractivity contribution >= 4 is 5.91 Å². The summed E-state index contributed by atoms with van der Waals surface area (Å²) in [6, 6.07) is 0. The number of hydrogen-bond acceptors (Lipinski definition) is 1. The number of rotatable bonds is 15. The van der Waals surface area contributed by atoms with Gasteiger partial charge in [-0.25, -0.2) is 4.79 Å². The van der Waals surface area contributed by atoms with E-state index in [9.17, 15) is 4.79 Å². The normalized spacial score (nSPS) is 12.2. The molecule has 2 heteroatoms. The van der Waals surface area contributed by atoms with Crippen LogP contribution in [0.15, 0.2) is 12.2 Å². The van der Waals surface area contributed by atoms with E-state index in [1.54, 1.807) is 0 Å². The van der Waals surface area contributed by atoms with Crippen molar-refractivity contribution < 1.29 is 9.28 Å². The molecule has 0 N–H and O–H groups in total. The Bertz CT molecular complexity index is 301.